The molecule has 0 amide bonds. The number of rotatable bonds is 2. The molecule has 0 spiro atoms. The van der Waals surface area contributed by atoms with E-state index in [1.807, 2.05) is 6.92 Å². The van der Waals surface area contributed by atoms with Gasteiger partial charge in [0.25, 0.3) is 10.0 Å². The van der Waals surface area contributed by atoms with Crippen LogP contribution in [0.25, 0.3) is 4.96 Å². The molecule has 3 rings (SSSR count). The van der Waals surface area contributed by atoms with E-state index in [9.17, 15) is 8.42 Å². The minimum Gasteiger partial charge on any atom is -0.279 e. The van der Waals surface area contributed by atoms with E-state index >= 15 is 0 Å². The molecule has 2 unspecified atom stereocenters. The van der Waals surface area contributed by atoms with Crippen LogP contribution >= 0.6 is 22.9 Å². The summed E-state index contributed by atoms with van der Waals surface area (Å²) >= 11 is 7.43. The Morgan fingerprint density at radius 2 is 2.20 bits per heavy atom. The normalized spacial score (nSPS) is 25.4. The largest absolute Gasteiger partial charge is 0.279 e. The summed E-state index contributed by atoms with van der Waals surface area (Å²) in [6.45, 7) is 4.65. The standard InChI is InChI=1S/C12H16ClN3O2S2/c1-8-3-4-16(9(2)7-8)20(17,18)11-10(13)14-12-15(11)5-6-19-12/h5-6,8-9H,3-4,7H2,1-2H3. The molecule has 20 heavy (non-hydrogen) atoms. The van der Waals surface area contributed by atoms with E-state index in [4.69, 9.17) is 11.6 Å². The highest BCUT2D eigenvalue weighted by atomic mass is 35.5. The van der Waals surface area contributed by atoms with Gasteiger partial charge in [0.2, 0.25) is 0 Å². The molecule has 0 radical (unpaired) electrons. The SMILES string of the molecule is CC1CCN(S(=O)(=O)c2c(Cl)nc3sccn23)C(C)C1. The molecule has 2 aromatic heterocycles. The summed E-state index contributed by atoms with van der Waals surface area (Å²) in [7, 11) is -3.61. The van der Waals surface area contributed by atoms with Crippen molar-refractivity contribution in [1.82, 2.24) is 13.7 Å². The summed E-state index contributed by atoms with van der Waals surface area (Å²) in [5.74, 6) is 0.554. The number of halogens is 1. The number of hydrogen-bond donors (Lipinski definition) is 0. The Balaban J connectivity index is 2.08. The number of hydrogen-bond acceptors (Lipinski definition) is 4. The summed E-state index contributed by atoms with van der Waals surface area (Å²) < 4.78 is 28.9. The van der Waals surface area contributed by atoms with Crippen molar-refractivity contribution < 1.29 is 8.42 Å². The number of thiazole rings is 1. The molecule has 1 aliphatic rings. The third kappa shape index (κ3) is 2.16. The van der Waals surface area contributed by atoms with Gasteiger partial charge in [0.15, 0.2) is 15.1 Å². The van der Waals surface area contributed by atoms with Gasteiger partial charge in [0.05, 0.1) is 0 Å². The third-order valence-electron chi connectivity index (χ3n) is 3.81. The van der Waals surface area contributed by atoms with Crippen LogP contribution in [0.5, 0.6) is 0 Å². The predicted octanol–water partition coefficient (Wildman–Crippen LogP) is 2.86. The fourth-order valence-corrected chi connectivity index (χ4v) is 5.89. The molecule has 1 saturated heterocycles. The van der Waals surface area contributed by atoms with Crippen LogP contribution in [0.15, 0.2) is 16.6 Å². The molecule has 2 aromatic rings. The molecule has 2 atom stereocenters. The van der Waals surface area contributed by atoms with Crippen molar-refractivity contribution in [3.05, 3.63) is 16.7 Å². The molecule has 1 aliphatic heterocycles. The lowest BCUT2D eigenvalue weighted by atomic mass is 9.95. The van der Waals surface area contributed by atoms with Crippen LogP contribution in [0.3, 0.4) is 0 Å². The quantitative estimate of drug-likeness (QED) is 0.849. The Bertz CT molecular complexity index is 737. The van der Waals surface area contributed by atoms with Gasteiger partial charge in [-0.3, -0.25) is 4.40 Å². The van der Waals surface area contributed by atoms with Crippen molar-refractivity contribution in [2.75, 3.05) is 6.54 Å². The molecular formula is C12H16ClN3O2S2. The lowest BCUT2D eigenvalue weighted by molar-refractivity contribution is 0.219. The Hall–Kier alpha value is -0.630. The Kier molecular flexibility index (Phi) is 3.56. The maximum atomic E-state index is 12.9. The first kappa shape index (κ1) is 14.3. The number of nitrogens with zero attached hydrogens (tertiary/aromatic N) is 3. The van der Waals surface area contributed by atoms with E-state index in [0.29, 0.717) is 17.4 Å². The van der Waals surface area contributed by atoms with Crippen LogP contribution in [-0.4, -0.2) is 34.7 Å². The lowest BCUT2D eigenvalue weighted by Crippen LogP contribution is -2.44. The minimum atomic E-state index is -3.61. The van der Waals surface area contributed by atoms with Gasteiger partial charge in [0.1, 0.15) is 0 Å². The van der Waals surface area contributed by atoms with Gasteiger partial charge < -0.3 is 0 Å². The number of aromatic nitrogens is 2. The third-order valence-corrected chi connectivity index (χ3v) is 6.98. The first-order valence-electron chi connectivity index (χ1n) is 6.54. The minimum absolute atomic E-state index is 0.0102. The molecule has 0 saturated carbocycles. The zero-order valence-corrected chi connectivity index (χ0v) is 13.7. The van der Waals surface area contributed by atoms with Gasteiger partial charge in [-0.2, -0.15) is 4.31 Å². The van der Waals surface area contributed by atoms with Crippen LogP contribution in [0, 0.1) is 5.92 Å². The monoisotopic (exact) mass is 333 g/mol. The maximum Gasteiger partial charge on any atom is 0.262 e. The van der Waals surface area contributed by atoms with Crippen molar-refractivity contribution in [2.24, 2.45) is 5.92 Å². The van der Waals surface area contributed by atoms with Crippen molar-refractivity contribution >= 4 is 37.9 Å². The van der Waals surface area contributed by atoms with Crippen LogP contribution in [-0.2, 0) is 10.0 Å². The zero-order chi connectivity index (χ0) is 14.5. The highest BCUT2D eigenvalue weighted by molar-refractivity contribution is 7.89. The summed E-state index contributed by atoms with van der Waals surface area (Å²) in [6.07, 6.45) is 3.46. The first-order chi connectivity index (χ1) is 9.41. The fourth-order valence-electron chi connectivity index (χ4n) is 2.82. The van der Waals surface area contributed by atoms with Crippen molar-refractivity contribution in [2.45, 2.75) is 37.8 Å². The fraction of sp³-hybridized carbons (Fsp3) is 0.583. The number of sulfonamides is 1. The van der Waals surface area contributed by atoms with Crippen LogP contribution in [0.4, 0.5) is 0 Å². The topological polar surface area (TPSA) is 54.7 Å². The van der Waals surface area contributed by atoms with Crippen LogP contribution in [0.2, 0.25) is 5.15 Å². The average Bonchev–Trinajstić information content (AvgIpc) is 2.87. The lowest BCUT2D eigenvalue weighted by Gasteiger charge is -2.35. The second kappa shape index (κ2) is 4.98. The first-order valence-corrected chi connectivity index (χ1v) is 9.24. The molecule has 0 aliphatic carbocycles. The van der Waals surface area contributed by atoms with E-state index in [2.05, 4.69) is 11.9 Å². The molecule has 110 valence electrons. The Morgan fingerprint density at radius 3 is 2.90 bits per heavy atom. The number of piperidine rings is 1. The maximum absolute atomic E-state index is 12.9. The Labute approximate surface area is 127 Å². The summed E-state index contributed by atoms with van der Waals surface area (Å²) in [5, 5.41) is 1.96. The van der Waals surface area contributed by atoms with Gasteiger partial charge in [-0.25, -0.2) is 13.4 Å². The summed E-state index contributed by atoms with van der Waals surface area (Å²) in [4.78, 5) is 4.72. The second-order valence-corrected chi connectivity index (χ2v) is 8.39. The van der Waals surface area contributed by atoms with E-state index in [0.717, 1.165) is 12.8 Å². The average molecular weight is 334 g/mol. The van der Waals surface area contributed by atoms with Crippen molar-refractivity contribution in [3.8, 4) is 0 Å². The van der Waals surface area contributed by atoms with E-state index in [1.165, 1.54) is 11.3 Å². The van der Waals surface area contributed by atoms with E-state index in [1.54, 1.807) is 20.3 Å². The van der Waals surface area contributed by atoms with Crippen molar-refractivity contribution in [1.29, 1.82) is 0 Å². The predicted molar refractivity (Wildman–Crippen MR) is 79.8 cm³/mol. The van der Waals surface area contributed by atoms with Gasteiger partial charge >= 0.3 is 0 Å². The zero-order valence-electron chi connectivity index (χ0n) is 11.3. The molecule has 0 bridgehead atoms. The van der Waals surface area contributed by atoms with Crippen molar-refractivity contribution in [3.63, 3.8) is 0 Å². The molecular weight excluding hydrogens is 318 g/mol. The second-order valence-electron chi connectivity index (χ2n) is 5.36. The highest BCUT2D eigenvalue weighted by Crippen LogP contribution is 2.32. The van der Waals surface area contributed by atoms with Gasteiger partial charge in [-0.1, -0.05) is 18.5 Å². The van der Waals surface area contributed by atoms with Gasteiger partial charge in [-0.05, 0) is 25.7 Å². The molecule has 0 aromatic carbocycles. The molecule has 0 N–H and O–H groups in total. The summed E-state index contributed by atoms with van der Waals surface area (Å²) in [5.41, 5.74) is 0. The number of imidazole rings is 1. The van der Waals surface area contributed by atoms with Gasteiger partial charge in [-0.15, -0.1) is 11.3 Å². The molecule has 1 fully saturated rings. The molecule has 5 nitrogen and oxygen atoms in total. The smallest absolute Gasteiger partial charge is 0.262 e. The molecule has 8 heteroatoms. The Morgan fingerprint density at radius 1 is 1.45 bits per heavy atom. The van der Waals surface area contributed by atoms with E-state index in [-0.39, 0.29) is 16.2 Å². The molecule has 3 heterocycles. The summed E-state index contributed by atoms with van der Waals surface area (Å²) in [6, 6.07) is -0.0102. The van der Waals surface area contributed by atoms with Crippen LogP contribution in [0.1, 0.15) is 26.7 Å². The highest BCUT2D eigenvalue weighted by Gasteiger charge is 2.37. The van der Waals surface area contributed by atoms with Crippen LogP contribution < -0.4 is 0 Å². The van der Waals surface area contributed by atoms with Gasteiger partial charge in [0, 0.05) is 24.2 Å². The number of fused-ring (bicyclic) bond motifs is 1. The van der Waals surface area contributed by atoms with E-state index < -0.39 is 10.0 Å².